The van der Waals surface area contributed by atoms with E-state index in [1.165, 1.54) is 38.6 Å². The van der Waals surface area contributed by atoms with Crippen molar-refractivity contribution in [1.82, 2.24) is 0 Å². The lowest BCUT2D eigenvalue weighted by Gasteiger charge is -2.28. The first-order valence-electron chi connectivity index (χ1n) is 17.8. The summed E-state index contributed by atoms with van der Waals surface area (Å²) in [4.78, 5) is 2.43. The molecule has 0 aliphatic heterocycles. The third-order valence-corrected chi connectivity index (χ3v) is 10.3. The zero-order valence-electron chi connectivity index (χ0n) is 28.4. The van der Waals surface area contributed by atoms with Gasteiger partial charge in [-0.3, -0.25) is 0 Å². The molecule has 244 valence electrons. The van der Waals surface area contributed by atoms with Gasteiger partial charge in [-0.05, 0) is 69.1 Å². The molecule has 0 fully saturated rings. The van der Waals surface area contributed by atoms with Gasteiger partial charge in [0.2, 0.25) is 0 Å². The van der Waals surface area contributed by atoms with Crippen LogP contribution in [0.5, 0.6) is 0 Å². The summed E-state index contributed by atoms with van der Waals surface area (Å²) in [6.07, 6.45) is 0. The molecule has 10 aromatic rings. The molecule has 0 unspecified atom stereocenters. The Labute approximate surface area is 302 Å². The molecule has 0 radical (unpaired) electrons. The molecule has 0 aliphatic rings. The number of rotatable bonds is 6. The molecule has 0 saturated carbocycles. The van der Waals surface area contributed by atoms with E-state index in [-0.39, 0.29) is 0 Å². The van der Waals surface area contributed by atoms with Crippen molar-refractivity contribution in [2.45, 2.75) is 0 Å². The van der Waals surface area contributed by atoms with Crippen LogP contribution in [-0.2, 0) is 0 Å². The van der Waals surface area contributed by atoms with Crippen LogP contribution in [0.3, 0.4) is 0 Å². The number of anilines is 3. The highest BCUT2D eigenvalue weighted by molar-refractivity contribution is 6.23. The van der Waals surface area contributed by atoms with Crippen molar-refractivity contribution in [2.24, 2.45) is 0 Å². The van der Waals surface area contributed by atoms with Crippen LogP contribution in [0.15, 0.2) is 205 Å². The molecule has 0 atom stereocenters. The van der Waals surface area contributed by atoms with Gasteiger partial charge in [-0.15, -0.1) is 0 Å². The normalized spacial score (nSPS) is 11.5. The smallest absolute Gasteiger partial charge is 0.143 e. The lowest BCUT2D eigenvalue weighted by molar-refractivity contribution is 0.673. The van der Waals surface area contributed by atoms with Gasteiger partial charge in [-0.2, -0.15) is 0 Å². The number of fused-ring (bicyclic) bond motifs is 6. The predicted octanol–water partition coefficient (Wildman–Crippen LogP) is 14.4. The van der Waals surface area contributed by atoms with Crippen molar-refractivity contribution in [3.05, 3.63) is 200 Å². The Morgan fingerprint density at radius 1 is 0.346 bits per heavy atom. The molecule has 2 nitrogen and oxygen atoms in total. The van der Waals surface area contributed by atoms with Crippen LogP contribution in [0.25, 0.3) is 76.9 Å². The van der Waals surface area contributed by atoms with Crippen LogP contribution in [0, 0.1) is 0 Å². The van der Waals surface area contributed by atoms with E-state index in [0.29, 0.717) is 0 Å². The molecular formula is C50H33NO. The highest BCUT2D eigenvalue weighted by Crippen LogP contribution is 2.48. The van der Waals surface area contributed by atoms with E-state index in [0.717, 1.165) is 55.3 Å². The minimum absolute atomic E-state index is 0.876. The summed E-state index contributed by atoms with van der Waals surface area (Å²) in [5.74, 6) is 0. The molecular weight excluding hydrogens is 631 g/mol. The summed E-state index contributed by atoms with van der Waals surface area (Å²) in [5, 5.41) is 6.80. The topological polar surface area (TPSA) is 16.4 Å². The Morgan fingerprint density at radius 2 is 0.923 bits per heavy atom. The Kier molecular flexibility index (Phi) is 7.18. The number of hydrogen-bond donors (Lipinski definition) is 0. The SMILES string of the molecule is c1ccc(-c2ccc(N(c3cccc4ccccc34)c3cc4c(oc5cccc(-c6ccccc6-c6ccccc6)c54)c4ccccc34)cc2)cc1. The van der Waals surface area contributed by atoms with E-state index in [4.69, 9.17) is 4.42 Å². The van der Waals surface area contributed by atoms with E-state index >= 15 is 0 Å². The van der Waals surface area contributed by atoms with E-state index < -0.39 is 0 Å². The molecule has 0 aliphatic carbocycles. The maximum Gasteiger partial charge on any atom is 0.143 e. The molecule has 0 N–H and O–H groups in total. The molecule has 0 spiro atoms. The van der Waals surface area contributed by atoms with Crippen LogP contribution >= 0.6 is 0 Å². The van der Waals surface area contributed by atoms with Gasteiger partial charge < -0.3 is 9.32 Å². The third-order valence-electron chi connectivity index (χ3n) is 10.3. The second-order valence-corrected chi connectivity index (χ2v) is 13.3. The van der Waals surface area contributed by atoms with Crippen molar-refractivity contribution < 1.29 is 4.42 Å². The van der Waals surface area contributed by atoms with E-state index in [1.807, 2.05) is 0 Å². The molecule has 1 heterocycles. The van der Waals surface area contributed by atoms with Crippen LogP contribution in [0.4, 0.5) is 17.1 Å². The quantitative estimate of drug-likeness (QED) is 0.176. The monoisotopic (exact) mass is 663 g/mol. The first-order valence-corrected chi connectivity index (χ1v) is 17.8. The van der Waals surface area contributed by atoms with Gasteiger partial charge in [0.1, 0.15) is 11.2 Å². The fraction of sp³-hybridized carbons (Fsp3) is 0. The van der Waals surface area contributed by atoms with Crippen molar-refractivity contribution in [2.75, 3.05) is 4.90 Å². The van der Waals surface area contributed by atoms with Gasteiger partial charge in [0.25, 0.3) is 0 Å². The Bertz CT molecular complexity index is 2880. The minimum atomic E-state index is 0.876. The van der Waals surface area contributed by atoms with Crippen LogP contribution in [0.2, 0.25) is 0 Å². The maximum absolute atomic E-state index is 6.84. The first kappa shape index (κ1) is 30.0. The Morgan fingerprint density at radius 3 is 1.71 bits per heavy atom. The van der Waals surface area contributed by atoms with Gasteiger partial charge in [0, 0.05) is 32.6 Å². The van der Waals surface area contributed by atoms with E-state index in [9.17, 15) is 0 Å². The number of hydrogen-bond acceptors (Lipinski definition) is 2. The van der Waals surface area contributed by atoms with Gasteiger partial charge in [0.05, 0.1) is 11.4 Å². The second-order valence-electron chi connectivity index (χ2n) is 13.3. The van der Waals surface area contributed by atoms with Crippen molar-refractivity contribution >= 4 is 60.5 Å². The summed E-state index contributed by atoms with van der Waals surface area (Å²) in [5.41, 5.74) is 12.2. The maximum atomic E-state index is 6.84. The summed E-state index contributed by atoms with van der Waals surface area (Å²) in [7, 11) is 0. The Hall–Kier alpha value is -6.90. The lowest BCUT2D eigenvalue weighted by Crippen LogP contribution is -2.11. The average molecular weight is 664 g/mol. The fourth-order valence-electron chi connectivity index (χ4n) is 7.87. The molecule has 2 heteroatoms. The molecule has 9 aromatic carbocycles. The van der Waals surface area contributed by atoms with Gasteiger partial charge in [0.15, 0.2) is 0 Å². The number of furan rings is 1. The third kappa shape index (κ3) is 4.96. The van der Waals surface area contributed by atoms with E-state index in [1.54, 1.807) is 0 Å². The van der Waals surface area contributed by atoms with Gasteiger partial charge in [-0.1, -0.05) is 170 Å². The lowest BCUT2D eigenvalue weighted by atomic mass is 9.91. The molecule has 0 bridgehead atoms. The first-order chi connectivity index (χ1) is 25.8. The molecule has 10 rings (SSSR count). The molecule has 0 amide bonds. The minimum Gasteiger partial charge on any atom is -0.455 e. The standard InChI is InChI=1S/C50H33NO/c1-3-15-34(16-4-1)35-29-31-38(32-30-35)51(46-27-13-20-37-19-7-8-22-40(37)46)47-33-45-49-43(41-23-10-9-21-39(41)36-17-5-2-6-18-36)26-14-28-48(49)52-50(45)44-25-12-11-24-42(44)47/h1-33H. The number of nitrogens with zero attached hydrogens (tertiary/aromatic N) is 1. The highest BCUT2D eigenvalue weighted by atomic mass is 16.3. The van der Waals surface area contributed by atoms with Crippen LogP contribution in [-0.4, -0.2) is 0 Å². The zero-order chi connectivity index (χ0) is 34.4. The van der Waals surface area contributed by atoms with Crippen molar-refractivity contribution in [3.8, 4) is 33.4 Å². The molecule has 0 saturated heterocycles. The Balaban J connectivity index is 1.27. The average Bonchev–Trinajstić information content (AvgIpc) is 3.61. The van der Waals surface area contributed by atoms with Crippen LogP contribution in [0.1, 0.15) is 0 Å². The highest BCUT2D eigenvalue weighted by Gasteiger charge is 2.23. The summed E-state index contributed by atoms with van der Waals surface area (Å²) in [6.45, 7) is 0. The number of benzene rings is 9. The molecule has 1 aromatic heterocycles. The van der Waals surface area contributed by atoms with Gasteiger partial charge >= 0.3 is 0 Å². The predicted molar refractivity (Wildman–Crippen MR) is 220 cm³/mol. The summed E-state index contributed by atoms with van der Waals surface area (Å²) in [6, 6.07) is 71.6. The van der Waals surface area contributed by atoms with Gasteiger partial charge in [-0.25, -0.2) is 0 Å². The van der Waals surface area contributed by atoms with Crippen LogP contribution < -0.4 is 4.90 Å². The van der Waals surface area contributed by atoms with Crippen molar-refractivity contribution in [3.63, 3.8) is 0 Å². The van der Waals surface area contributed by atoms with Crippen molar-refractivity contribution in [1.29, 1.82) is 0 Å². The zero-order valence-corrected chi connectivity index (χ0v) is 28.4. The molecule has 52 heavy (non-hydrogen) atoms. The van der Waals surface area contributed by atoms with E-state index in [2.05, 4.69) is 205 Å². The second kappa shape index (κ2) is 12.5. The summed E-state index contributed by atoms with van der Waals surface area (Å²) >= 11 is 0. The summed E-state index contributed by atoms with van der Waals surface area (Å²) < 4.78 is 6.84. The fourth-order valence-corrected chi connectivity index (χ4v) is 7.87. The largest absolute Gasteiger partial charge is 0.455 e.